The number of nitrogens with zero attached hydrogens (tertiary/aromatic N) is 1. The molecule has 9 heteroatoms. The lowest BCUT2D eigenvalue weighted by molar-refractivity contribution is -0.115. The summed E-state index contributed by atoms with van der Waals surface area (Å²) in [7, 11) is -3.31. The van der Waals surface area contributed by atoms with Gasteiger partial charge in [-0.2, -0.15) is 0 Å². The van der Waals surface area contributed by atoms with Crippen LogP contribution in [0.2, 0.25) is 0 Å². The van der Waals surface area contributed by atoms with Gasteiger partial charge in [-0.3, -0.25) is 4.79 Å². The summed E-state index contributed by atoms with van der Waals surface area (Å²) in [5.74, 6) is -0.876. The van der Waals surface area contributed by atoms with E-state index in [0.29, 0.717) is 19.8 Å². The Bertz CT molecular complexity index is 1080. The number of aromatic nitrogens is 1. The van der Waals surface area contributed by atoms with Gasteiger partial charge in [-0.15, -0.1) is 0 Å². The highest BCUT2D eigenvalue weighted by Gasteiger charge is 2.14. The topological polar surface area (TPSA) is 76.1 Å². The van der Waals surface area contributed by atoms with Crippen LogP contribution in [-0.4, -0.2) is 25.6 Å². The molecule has 0 saturated carbocycles. The number of hydrogen-bond donors (Lipinski definition) is 1. The highest BCUT2D eigenvalue weighted by atomic mass is 79.9. The SMILES string of the molecule is CS(=O)(=O)c1ccc2nc(NC(=O)Cc3cccc(Br)c3F)sc2c1. The molecule has 0 bridgehead atoms. The first-order valence-electron chi connectivity index (χ1n) is 7.07. The number of thiazole rings is 1. The molecular formula is C16H12BrFN2O3S2. The smallest absolute Gasteiger partial charge is 0.230 e. The Balaban J connectivity index is 1.80. The van der Waals surface area contributed by atoms with E-state index in [1.54, 1.807) is 18.2 Å². The predicted molar refractivity (Wildman–Crippen MR) is 99.2 cm³/mol. The van der Waals surface area contributed by atoms with E-state index in [2.05, 4.69) is 26.2 Å². The van der Waals surface area contributed by atoms with Crippen LogP contribution in [0.1, 0.15) is 5.56 Å². The third-order valence-electron chi connectivity index (χ3n) is 3.42. The van der Waals surface area contributed by atoms with Gasteiger partial charge in [0.05, 0.1) is 26.0 Å². The Labute approximate surface area is 155 Å². The fourth-order valence-corrected chi connectivity index (χ4v) is 4.26. The summed E-state index contributed by atoms with van der Waals surface area (Å²) < 4.78 is 38.1. The van der Waals surface area contributed by atoms with E-state index in [-0.39, 0.29) is 16.9 Å². The number of amides is 1. The van der Waals surface area contributed by atoms with E-state index in [1.165, 1.54) is 18.2 Å². The summed E-state index contributed by atoms with van der Waals surface area (Å²) in [6.45, 7) is 0. The first kappa shape index (κ1) is 18.0. The zero-order chi connectivity index (χ0) is 18.2. The molecule has 0 fully saturated rings. The molecule has 2 aromatic carbocycles. The number of halogens is 2. The molecule has 0 unspecified atom stereocenters. The van der Waals surface area contributed by atoms with Gasteiger partial charge in [0, 0.05) is 6.26 Å². The van der Waals surface area contributed by atoms with Crippen LogP contribution in [0, 0.1) is 5.82 Å². The number of sulfone groups is 1. The maximum absolute atomic E-state index is 13.9. The molecule has 0 radical (unpaired) electrons. The third kappa shape index (κ3) is 4.05. The minimum absolute atomic E-state index is 0.129. The van der Waals surface area contributed by atoms with E-state index in [9.17, 15) is 17.6 Å². The third-order valence-corrected chi connectivity index (χ3v) is 6.07. The molecule has 0 aliphatic carbocycles. The molecule has 0 atom stereocenters. The van der Waals surface area contributed by atoms with Gasteiger partial charge >= 0.3 is 0 Å². The lowest BCUT2D eigenvalue weighted by Crippen LogP contribution is -2.15. The maximum atomic E-state index is 13.9. The minimum Gasteiger partial charge on any atom is -0.302 e. The van der Waals surface area contributed by atoms with Crippen LogP contribution >= 0.6 is 27.3 Å². The van der Waals surface area contributed by atoms with Crippen molar-refractivity contribution in [3.8, 4) is 0 Å². The number of hydrogen-bond acceptors (Lipinski definition) is 5. The van der Waals surface area contributed by atoms with Crippen LogP contribution in [0.5, 0.6) is 0 Å². The van der Waals surface area contributed by atoms with Gasteiger partial charge in [-0.1, -0.05) is 23.5 Å². The number of anilines is 1. The second kappa shape index (κ2) is 6.81. The van der Waals surface area contributed by atoms with Crippen LogP contribution < -0.4 is 5.32 Å². The van der Waals surface area contributed by atoms with Crippen molar-refractivity contribution < 1.29 is 17.6 Å². The molecule has 1 aromatic heterocycles. The van der Waals surface area contributed by atoms with Gasteiger partial charge < -0.3 is 5.32 Å². The van der Waals surface area contributed by atoms with Crippen LogP contribution in [0.4, 0.5) is 9.52 Å². The molecule has 0 spiro atoms. The summed E-state index contributed by atoms with van der Waals surface area (Å²) in [4.78, 5) is 16.6. The summed E-state index contributed by atoms with van der Waals surface area (Å²) in [5.41, 5.74) is 0.855. The Morgan fingerprint density at radius 3 is 2.80 bits per heavy atom. The monoisotopic (exact) mass is 442 g/mol. The van der Waals surface area contributed by atoms with Crippen molar-refractivity contribution in [3.63, 3.8) is 0 Å². The van der Waals surface area contributed by atoms with E-state index in [4.69, 9.17) is 0 Å². The van der Waals surface area contributed by atoms with Gasteiger partial charge in [0.1, 0.15) is 5.82 Å². The van der Waals surface area contributed by atoms with Gasteiger partial charge in [0.15, 0.2) is 15.0 Å². The highest BCUT2D eigenvalue weighted by Crippen LogP contribution is 2.28. The zero-order valence-corrected chi connectivity index (χ0v) is 16.1. The molecule has 130 valence electrons. The van der Waals surface area contributed by atoms with E-state index < -0.39 is 21.6 Å². The van der Waals surface area contributed by atoms with Gasteiger partial charge in [0.25, 0.3) is 0 Å². The summed E-state index contributed by atoms with van der Waals surface area (Å²) in [6, 6.07) is 9.33. The van der Waals surface area contributed by atoms with Crippen LogP contribution in [0.3, 0.4) is 0 Å². The molecule has 0 aliphatic rings. The second-order valence-corrected chi connectivity index (χ2v) is 9.26. The molecule has 0 aliphatic heterocycles. The van der Waals surface area contributed by atoms with Crippen molar-refractivity contribution in [3.05, 3.63) is 52.3 Å². The summed E-state index contributed by atoms with van der Waals surface area (Å²) in [5, 5.41) is 2.96. The maximum Gasteiger partial charge on any atom is 0.230 e. The first-order chi connectivity index (χ1) is 11.7. The van der Waals surface area contributed by atoms with E-state index in [0.717, 1.165) is 17.6 Å². The molecule has 3 aromatic rings. The average Bonchev–Trinajstić information content (AvgIpc) is 2.92. The van der Waals surface area contributed by atoms with Gasteiger partial charge in [0.2, 0.25) is 5.91 Å². The minimum atomic E-state index is -3.31. The molecule has 5 nitrogen and oxygen atoms in total. The quantitative estimate of drug-likeness (QED) is 0.666. The fraction of sp³-hybridized carbons (Fsp3) is 0.125. The van der Waals surface area contributed by atoms with Gasteiger partial charge in [-0.05, 0) is 45.8 Å². The average molecular weight is 443 g/mol. The van der Waals surface area contributed by atoms with Crippen molar-refractivity contribution in [1.82, 2.24) is 4.98 Å². The van der Waals surface area contributed by atoms with E-state index in [1.807, 2.05) is 0 Å². The number of fused-ring (bicyclic) bond motifs is 1. The molecular weight excluding hydrogens is 431 g/mol. The van der Waals surface area contributed by atoms with Crippen LogP contribution in [0.15, 0.2) is 45.8 Å². The fourth-order valence-electron chi connectivity index (χ4n) is 2.21. The number of nitrogens with one attached hydrogen (secondary N) is 1. The van der Waals surface area contributed by atoms with Crippen LogP contribution in [-0.2, 0) is 21.1 Å². The van der Waals surface area contributed by atoms with Crippen molar-refractivity contribution in [2.75, 3.05) is 11.6 Å². The Hall–Kier alpha value is -1.84. The predicted octanol–water partition coefficient (Wildman–Crippen LogP) is 3.78. The lowest BCUT2D eigenvalue weighted by Gasteiger charge is -2.04. The van der Waals surface area contributed by atoms with Gasteiger partial charge in [-0.25, -0.2) is 17.8 Å². The normalized spacial score (nSPS) is 11.6. The number of carbonyl (C=O) groups excluding carboxylic acids is 1. The lowest BCUT2D eigenvalue weighted by atomic mass is 10.1. The largest absolute Gasteiger partial charge is 0.302 e. The van der Waals surface area contributed by atoms with Crippen molar-refractivity contribution >= 4 is 58.4 Å². The zero-order valence-electron chi connectivity index (χ0n) is 12.9. The van der Waals surface area contributed by atoms with Crippen molar-refractivity contribution in [2.24, 2.45) is 0 Å². The molecule has 1 heterocycles. The molecule has 0 saturated heterocycles. The van der Waals surface area contributed by atoms with Crippen LogP contribution in [0.25, 0.3) is 10.2 Å². The van der Waals surface area contributed by atoms with Crippen molar-refractivity contribution in [2.45, 2.75) is 11.3 Å². The molecule has 3 rings (SSSR count). The number of carbonyl (C=O) groups is 1. The Morgan fingerprint density at radius 2 is 2.08 bits per heavy atom. The molecule has 1 N–H and O–H groups in total. The number of rotatable bonds is 4. The molecule has 25 heavy (non-hydrogen) atoms. The summed E-state index contributed by atoms with van der Waals surface area (Å²) in [6.07, 6.45) is 1.00. The van der Waals surface area contributed by atoms with E-state index >= 15 is 0 Å². The van der Waals surface area contributed by atoms with Crippen molar-refractivity contribution in [1.29, 1.82) is 0 Å². The first-order valence-corrected chi connectivity index (χ1v) is 10.6. The Morgan fingerprint density at radius 1 is 1.32 bits per heavy atom. The second-order valence-electron chi connectivity index (χ2n) is 5.36. The highest BCUT2D eigenvalue weighted by molar-refractivity contribution is 9.10. The standard InChI is InChI=1S/C16H12BrFN2O3S2/c1-25(22,23)10-5-6-12-13(8-10)24-16(19-12)20-14(21)7-9-3-2-4-11(17)15(9)18/h2-6,8H,7H2,1H3,(H,19,20,21). The Kier molecular flexibility index (Phi) is 4.90. The number of benzene rings is 2. The summed E-state index contributed by atoms with van der Waals surface area (Å²) >= 11 is 4.25. The molecule has 1 amide bonds.